The summed E-state index contributed by atoms with van der Waals surface area (Å²) < 4.78 is 5.74. The number of hydrogen-bond acceptors (Lipinski definition) is 4. The molecule has 0 aliphatic carbocycles. The highest BCUT2D eigenvalue weighted by Crippen LogP contribution is 2.10. The normalized spacial score (nSPS) is 12.6. The Morgan fingerprint density at radius 2 is 2.06 bits per heavy atom. The maximum atomic E-state index is 5.74. The van der Waals surface area contributed by atoms with Crippen LogP contribution in [0.15, 0.2) is 6.07 Å². The van der Waals surface area contributed by atoms with Crippen molar-refractivity contribution in [3.63, 3.8) is 0 Å². The SMILES string of the molecule is CCCCCCC(C)OCc1nc(C)cc(N)n1. The van der Waals surface area contributed by atoms with E-state index in [4.69, 9.17) is 10.5 Å². The molecule has 0 aromatic carbocycles. The number of nitrogens with zero attached hydrogens (tertiary/aromatic N) is 2. The summed E-state index contributed by atoms with van der Waals surface area (Å²) in [6.07, 6.45) is 6.45. The molecule has 0 aliphatic heterocycles. The van der Waals surface area contributed by atoms with Gasteiger partial charge in [-0.3, -0.25) is 0 Å². The van der Waals surface area contributed by atoms with Gasteiger partial charge >= 0.3 is 0 Å². The van der Waals surface area contributed by atoms with Crippen molar-refractivity contribution in [3.05, 3.63) is 17.6 Å². The molecule has 0 fully saturated rings. The second-order valence-electron chi connectivity index (χ2n) is 4.82. The van der Waals surface area contributed by atoms with Crippen LogP contribution in [0.1, 0.15) is 57.5 Å². The van der Waals surface area contributed by atoms with E-state index >= 15 is 0 Å². The second kappa shape index (κ2) is 8.03. The Bertz CT molecular complexity index is 335. The van der Waals surface area contributed by atoms with Gasteiger partial charge in [-0.25, -0.2) is 9.97 Å². The molecule has 0 amide bonds. The van der Waals surface area contributed by atoms with Gasteiger partial charge in [0.1, 0.15) is 12.4 Å². The van der Waals surface area contributed by atoms with E-state index in [2.05, 4.69) is 23.8 Å². The smallest absolute Gasteiger partial charge is 0.156 e. The van der Waals surface area contributed by atoms with Gasteiger partial charge in [-0.2, -0.15) is 0 Å². The summed E-state index contributed by atoms with van der Waals surface area (Å²) in [6.45, 7) is 6.68. The molecular weight excluding hydrogens is 226 g/mol. The molecule has 1 atom stereocenters. The van der Waals surface area contributed by atoms with E-state index in [1.165, 1.54) is 25.7 Å². The number of unbranched alkanes of at least 4 members (excludes halogenated alkanes) is 3. The van der Waals surface area contributed by atoms with Crippen LogP contribution in [0.3, 0.4) is 0 Å². The highest BCUT2D eigenvalue weighted by Gasteiger charge is 2.05. The number of rotatable bonds is 8. The molecule has 4 nitrogen and oxygen atoms in total. The average Bonchev–Trinajstić information content (AvgIpc) is 2.31. The van der Waals surface area contributed by atoms with Crippen LogP contribution in [0.2, 0.25) is 0 Å². The molecule has 1 aromatic rings. The largest absolute Gasteiger partial charge is 0.384 e. The summed E-state index contributed by atoms with van der Waals surface area (Å²) in [5.74, 6) is 1.18. The zero-order chi connectivity index (χ0) is 13.4. The predicted molar refractivity (Wildman–Crippen MR) is 74.2 cm³/mol. The molecule has 0 aliphatic rings. The van der Waals surface area contributed by atoms with Crippen molar-refractivity contribution >= 4 is 5.82 Å². The molecule has 0 saturated heterocycles. The first kappa shape index (κ1) is 14.9. The van der Waals surface area contributed by atoms with Crippen LogP contribution in [0.5, 0.6) is 0 Å². The Hall–Kier alpha value is -1.16. The van der Waals surface area contributed by atoms with Gasteiger partial charge in [0.15, 0.2) is 5.82 Å². The standard InChI is InChI=1S/C14H25N3O/c1-4-5-6-7-8-12(3)18-10-14-16-11(2)9-13(15)17-14/h9,12H,4-8,10H2,1-3H3,(H2,15,16,17). The van der Waals surface area contributed by atoms with Gasteiger partial charge in [0.2, 0.25) is 0 Å². The Kier molecular flexibility index (Phi) is 6.65. The number of hydrogen-bond donors (Lipinski definition) is 1. The molecule has 18 heavy (non-hydrogen) atoms. The minimum absolute atomic E-state index is 0.257. The third-order valence-corrected chi connectivity index (χ3v) is 2.88. The highest BCUT2D eigenvalue weighted by molar-refractivity contribution is 5.28. The van der Waals surface area contributed by atoms with E-state index in [1.54, 1.807) is 6.07 Å². The molecule has 1 heterocycles. The molecule has 0 radical (unpaired) electrons. The highest BCUT2D eigenvalue weighted by atomic mass is 16.5. The van der Waals surface area contributed by atoms with E-state index in [9.17, 15) is 0 Å². The van der Waals surface area contributed by atoms with Gasteiger partial charge in [-0.1, -0.05) is 32.6 Å². The van der Waals surface area contributed by atoms with Crippen molar-refractivity contribution in [1.82, 2.24) is 9.97 Å². The summed E-state index contributed by atoms with van der Waals surface area (Å²) in [5, 5.41) is 0. The van der Waals surface area contributed by atoms with Crippen molar-refractivity contribution < 1.29 is 4.74 Å². The van der Waals surface area contributed by atoms with E-state index in [0.717, 1.165) is 12.1 Å². The molecule has 1 rings (SSSR count). The van der Waals surface area contributed by atoms with E-state index < -0.39 is 0 Å². The maximum Gasteiger partial charge on any atom is 0.156 e. The van der Waals surface area contributed by atoms with Crippen LogP contribution in [0.4, 0.5) is 5.82 Å². The molecule has 2 N–H and O–H groups in total. The fourth-order valence-electron chi connectivity index (χ4n) is 1.88. The summed E-state index contributed by atoms with van der Waals surface area (Å²) >= 11 is 0. The van der Waals surface area contributed by atoms with Crippen LogP contribution in [-0.4, -0.2) is 16.1 Å². The number of aryl methyl sites for hydroxylation is 1. The topological polar surface area (TPSA) is 61.0 Å². The monoisotopic (exact) mass is 251 g/mol. The first-order chi connectivity index (χ1) is 8.61. The summed E-state index contributed by atoms with van der Waals surface area (Å²) in [5.41, 5.74) is 6.56. The van der Waals surface area contributed by atoms with E-state index in [0.29, 0.717) is 18.2 Å². The van der Waals surface area contributed by atoms with Crippen molar-refractivity contribution in [2.45, 2.75) is 65.6 Å². The first-order valence-corrected chi connectivity index (χ1v) is 6.83. The van der Waals surface area contributed by atoms with Gasteiger partial charge in [0, 0.05) is 11.8 Å². The predicted octanol–water partition coefficient (Wildman–Crippen LogP) is 3.24. The van der Waals surface area contributed by atoms with Gasteiger partial charge in [-0.15, -0.1) is 0 Å². The molecule has 0 spiro atoms. The average molecular weight is 251 g/mol. The van der Waals surface area contributed by atoms with Gasteiger partial charge in [-0.05, 0) is 20.3 Å². The van der Waals surface area contributed by atoms with E-state index in [-0.39, 0.29) is 6.10 Å². The summed E-state index contributed by atoms with van der Waals surface area (Å²) in [7, 11) is 0. The Morgan fingerprint density at radius 3 is 2.72 bits per heavy atom. The Labute approximate surface area is 110 Å². The molecule has 0 saturated carbocycles. The van der Waals surface area contributed by atoms with Crippen LogP contribution in [0.25, 0.3) is 0 Å². The van der Waals surface area contributed by atoms with Crippen molar-refractivity contribution in [2.75, 3.05) is 5.73 Å². The zero-order valence-corrected chi connectivity index (χ0v) is 11.8. The lowest BCUT2D eigenvalue weighted by atomic mass is 10.1. The molecular formula is C14H25N3O. The summed E-state index contributed by atoms with van der Waals surface area (Å²) in [6, 6.07) is 1.76. The number of nitrogens with two attached hydrogens (primary N) is 1. The lowest BCUT2D eigenvalue weighted by Gasteiger charge is -2.12. The van der Waals surface area contributed by atoms with Crippen molar-refractivity contribution in [3.8, 4) is 0 Å². The first-order valence-electron chi connectivity index (χ1n) is 6.83. The van der Waals surface area contributed by atoms with Gasteiger partial charge in [0.05, 0.1) is 6.10 Å². The van der Waals surface area contributed by atoms with E-state index in [1.807, 2.05) is 6.92 Å². The Morgan fingerprint density at radius 1 is 1.28 bits per heavy atom. The minimum Gasteiger partial charge on any atom is -0.384 e. The van der Waals surface area contributed by atoms with Gasteiger partial charge < -0.3 is 10.5 Å². The van der Waals surface area contributed by atoms with Crippen molar-refractivity contribution in [1.29, 1.82) is 0 Å². The zero-order valence-electron chi connectivity index (χ0n) is 11.8. The van der Waals surface area contributed by atoms with Crippen LogP contribution in [-0.2, 0) is 11.3 Å². The fraction of sp³-hybridized carbons (Fsp3) is 0.714. The van der Waals surface area contributed by atoms with Crippen LogP contribution < -0.4 is 5.73 Å². The summed E-state index contributed by atoms with van der Waals surface area (Å²) in [4.78, 5) is 8.46. The van der Waals surface area contributed by atoms with Crippen LogP contribution in [0, 0.1) is 6.92 Å². The number of anilines is 1. The van der Waals surface area contributed by atoms with Crippen molar-refractivity contribution in [2.24, 2.45) is 0 Å². The molecule has 4 heteroatoms. The third kappa shape index (κ3) is 5.96. The second-order valence-corrected chi connectivity index (χ2v) is 4.82. The fourth-order valence-corrected chi connectivity index (χ4v) is 1.88. The molecule has 1 unspecified atom stereocenters. The lowest BCUT2D eigenvalue weighted by Crippen LogP contribution is -2.11. The number of nitrogen functional groups attached to an aromatic ring is 1. The maximum absolute atomic E-state index is 5.74. The Balaban J connectivity index is 2.26. The molecule has 1 aromatic heterocycles. The van der Waals surface area contributed by atoms with Crippen LogP contribution >= 0.6 is 0 Å². The lowest BCUT2D eigenvalue weighted by molar-refractivity contribution is 0.0419. The minimum atomic E-state index is 0.257. The molecule has 0 bridgehead atoms. The number of ether oxygens (including phenoxy) is 1. The third-order valence-electron chi connectivity index (χ3n) is 2.88. The quantitative estimate of drug-likeness (QED) is 0.720. The number of aromatic nitrogens is 2. The molecule has 102 valence electrons. The van der Waals surface area contributed by atoms with Gasteiger partial charge in [0.25, 0.3) is 0 Å².